The van der Waals surface area contributed by atoms with Crippen molar-refractivity contribution in [1.29, 1.82) is 0 Å². The summed E-state index contributed by atoms with van der Waals surface area (Å²) in [5, 5.41) is 2.04. The van der Waals surface area contributed by atoms with E-state index in [1.807, 2.05) is 36.4 Å². The van der Waals surface area contributed by atoms with Crippen molar-refractivity contribution in [3.05, 3.63) is 42.5 Å². The number of fused-ring (bicyclic) bond motifs is 1. The van der Waals surface area contributed by atoms with Crippen LogP contribution >= 0.6 is 11.8 Å². The maximum Gasteiger partial charge on any atom is 0.317 e. The Morgan fingerprint density at radius 3 is 2.54 bits per heavy atom. The molecule has 0 aliphatic rings. The van der Waals surface area contributed by atoms with Crippen molar-refractivity contribution in [2.24, 2.45) is 5.41 Å². The lowest BCUT2D eigenvalue weighted by atomic mass is 9.97. The molecule has 0 aliphatic heterocycles. The van der Waals surface area contributed by atoms with Crippen molar-refractivity contribution >= 4 is 41.4 Å². The van der Waals surface area contributed by atoms with Gasteiger partial charge in [0.1, 0.15) is 12.4 Å². The standard InChI is InChI=1S/C19H20O6S/c1-19(2,11-26-17(24-13-21)10-23-12-20)18(22)25-16-8-7-14-5-3-4-6-15(14)9-16/h3-9,12-13,17H,10-11H2,1-2H3. The maximum atomic E-state index is 12.5. The second-order valence-electron chi connectivity index (χ2n) is 6.18. The van der Waals surface area contributed by atoms with Crippen LogP contribution in [0.15, 0.2) is 42.5 Å². The van der Waals surface area contributed by atoms with E-state index < -0.39 is 16.8 Å². The van der Waals surface area contributed by atoms with Crippen LogP contribution in [-0.2, 0) is 23.9 Å². The molecule has 0 radical (unpaired) electrons. The van der Waals surface area contributed by atoms with E-state index in [0.29, 0.717) is 11.5 Å². The van der Waals surface area contributed by atoms with Gasteiger partial charge in [-0.2, -0.15) is 0 Å². The molecular weight excluding hydrogens is 356 g/mol. The van der Waals surface area contributed by atoms with Gasteiger partial charge in [0.05, 0.1) is 5.41 Å². The molecule has 0 bridgehead atoms. The predicted molar refractivity (Wildman–Crippen MR) is 98.8 cm³/mol. The van der Waals surface area contributed by atoms with E-state index in [1.54, 1.807) is 19.9 Å². The first kappa shape index (κ1) is 19.8. The molecule has 0 spiro atoms. The number of hydrogen-bond donors (Lipinski definition) is 0. The van der Waals surface area contributed by atoms with Crippen LogP contribution in [0.2, 0.25) is 0 Å². The zero-order chi connectivity index (χ0) is 19.0. The lowest BCUT2D eigenvalue weighted by Crippen LogP contribution is -2.32. The van der Waals surface area contributed by atoms with Gasteiger partial charge in [-0.3, -0.25) is 14.4 Å². The molecule has 0 N–H and O–H groups in total. The average molecular weight is 376 g/mol. The zero-order valence-electron chi connectivity index (χ0n) is 14.5. The van der Waals surface area contributed by atoms with E-state index in [9.17, 15) is 14.4 Å². The number of carbonyl (C=O) groups excluding carboxylic acids is 3. The minimum atomic E-state index is -0.831. The molecule has 138 valence electrons. The van der Waals surface area contributed by atoms with Crippen LogP contribution in [0.25, 0.3) is 10.8 Å². The summed E-state index contributed by atoms with van der Waals surface area (Å²) in [7, 11) is 0. The van der Waals surface area contributed by atoms with Gasteiger partial charge in [0.15, 0.2) is 5.44 Å². The number of esters is 1. The first-order chi connectivity index (χ1) is 12.5. The molecule has 0 fully saturated rings. The summed E-state index contributed by atoms with van der Waals surface area (Å²) >= 11 is 1.20. The van der Waals surface area contributed by atoms with Crippen LogP contribution in [0.4, 0.5) is 0 Å². The molecule has 1 atom stereocenters. The number of rotatable bonds is 10. The first-order valence-electron chi connectivity index (χ1n) is 7.93. The van der Waals surface area contributed by atoms with Crippen LogP contribution in [-0.4, -0.2) is 36.7 Å². The minimum Gasteiger partial charge on any atom is -0.463 e. The van der Waals surface area contributed by atoms with E-state index in [4.69, 9.17) is 9.47 Å². The highest BCUT2D eigenvalue weighted by Gasteiger charge is 2.31. The third kappa shape index (κ3) is 5.49. The van der Waals surface area contributed by atoms with Crippen LogP contribution in [0, 0.1) is 5.41 Å². The molecule has 1 unspecified atom stereocenters. The van der Waals surface area contributed by atoms with Crippen LogP contribution in [0.3, 0.4) is 0 Å². The summed E-state index contributed by atoms with van der Waals surface area (Å²) in [5.74, 6) is 0.387. The molecule has 26 heavy (non-hydrogen) atoms. The summed E-state index contributed by atoms with van der Waals surface area (Å²) in [5.41, 5.74) is -1.51. The van der Waals surface area contributed by atoms with E-state index in [1.165, 1.54) is 11.8 Å². The number of hydrogen-bond acceptors (Lipinski definition) is 7. The molecule has 0 amide bonds. The lowest BCUT2D eigenvalue weighted by Gasteiger charge is -2.24. The second kappa shape index (κ2) is 9.24. The number of thioether (sulfide) groups is 1. The van der Waals surface area contributed by atoms with Crippen molar-refractivity contribution in [3.8, 4) is 5.75 Å². The van der Waals surface area contributed by atoms with Crippen molar-refractivity contribution < 1.29 is 28.6 Å². The third-order valence-corrected chi connectivity index (χ3v) is 5.13. The normalized spacial score (nSPS) is 12.2. The van der Waals surface area contributed by atoms with Crippen molar-refractivity contribution in [2.75, 3.05) is 12.4 Å². The summed E-state index contributed by atoms with van der Waals surface area (Å²) < 4.78 is 15.0. The Hall–Kier alpha value is -2.54. The van der Waals surface area contributed by atoms with Gasteiger partial charge in [-0.15, -0.1) is 11.8 Å². The van der Waals surface area contributed by atoms with E-state index in [2.05, 4.69) is 4.74 Å². The number of ether oxygens (including phenoxy) is 3. The molecule has 2 aromatic carbocycles. The monoisotopic (exact) mass is 376 g/mol. The fraction of sp³-hybridized carbons (Fsp3) is 0.316. The largest absolute Gasteiger partial charge is 0.463 e. The first-order valence-corrected chi connectivity index (χ1v) is 8.98. The minimum absolute atomic E-state index is 0.0806. The predicted octanol–water partition coefficient (Wildman–Crippen LogP) is 3.18. The summed E-state index contributed by atoms with van der Waals surface area (Å²) in [6, 6.07) is 13.2. The molecule has 0 heterocycles. The highest BCUT2D eigenvalue weighted by atomic mass is 32.2. The van der Waals surface area contributed by atoms with Crippen LogP contribution in [0.1, 0.15) is 13.8 Å². The maximum absolute atomic E-state index is 12.5. The zero-order valence-corrected chi connectivity index (χ0v) is 15.4. The molecule has 0 saturated carbocycles. The lowest BCUT2D eigenvalue weighted by molar-refractivity contribution is -0.142. The Balaban J connectivity index is 1.98. The van der Waals surface area contributed by atoms with Gasteiger partial charge in [0.2, 0.25) is 0 Å². The summed E-state index contributed by atoms with van der Waals surface area (Å²) in [4.78, 5) is 33.3. The second-order valence-corrected chi connectivity index (χ2v) is 7.33. The van der Waals surface area contributed by atoms with Crippen LogP contribution in [0.5, 0.6) is 5.75 Å². The van der Waals surface area contributed by atoms with E-state index in [0.717, 1.165) is 10.8 Å². The van der Waals surface area contributed by atoms with Gasteiger partial charge >= 0.3 is 5.97 Å². The Bertz CT molecular complexity index is 773. The smallest absolute Gasteiger partial charge is 0.317 e. The third-order valence-electron chi connectivity index (χ3n) is 3.62. The molecule has 0 saturated heterocycles. The van der Waals surface area contributed by atoms with Crippen molar-refractivity contribution in [1.82, 2.24) is 0 Å². The fourth-order valence-corrected chi connectivity index (χ4v) is 3.16. The summed E-state index contributed by atoms with van der Waals surface area (Å²) in [6.45, 7) is 3.96. The Kier molecular flexibility index (Phi) is 7.03. The Labute approximate surface area is 155 Å². The molecule has 6 nitrogen and oxygen atoms in total. The molecular formula is C19H20O6S. The quantitative estimate of drug-likeness (QED) is 0.273. The Morgan fingerprint density at radius 1 is 1.12 bits per heavy atom. The highest BCUT2D eigenvalue weighted by molar-refractivity contribution is 7.99. The van der Waals surface area contributed by atoms with Gasteiger partial charge in [0, 0.05) is 5.75 Å². The van der Waals surface area contributed by atoms with Gasteiger partial charge in [-0.05, 0) is 36.8 Å². The van der Waals surface area contributed by atoms with Crippen LogP contribution < -0.4 is 4.74 Å². The van der Waals surface area contributed by atoms with Crippen molar-refractivity contribution in [3.63, 3.8) is 0 Å². The van der Waals surface area contributed by atoms with Gasteiger partial charge in [0.25, 0.3) is 12.9 Å². The van der Waals surface area contributed by atoms with E-state index >= 15 is 0 Å². The molecule has 2 aromatic rings. The Morgan fingerprint density at radius 2 is 1.85 bits per heavy atom. The van der Waals surface area contributed by atoms with Gasteiger partial charge in [-0.25, -0.2) is 0 Å². The molecule has 0 aliphatic carbocycles. The van der Waals surface area contributed by atoms with E-state index in [-0.39, 0.29) is 19.6 Å². The average Bonchev–Trinajstić information content (AvgIpc) is 2.64. The highest BCUT2D eigenvalue weighted by Crippen LogP contribution is 2.29. The number of carbonyl (C=O) groups is 3. The SMILES string of the molecule is CC(C)(CSC(COC=O)OC=O)C(=O)Oc1ccc2ccccc2c1. The topological polar surface area (TPSA) is 78.9 Å². The molecule has 2 rings (SSSR count). The molecule has 7 heteroatoms. The van der Waals surface area contributed by atoms with Gasteiger partial charge in [-0.1, -0.05) is 30.3 Å². The van der Waals surface area contributed by atoms with Gasteiger partial charge < -0.3 is 14.2 Å². The fourth-order valence-electron chi connectivity index (χ4n) is 2.14. The summed E-state index contributed by atoms with van der Waals surface area (Å²) in [6.07, 6.45) is 0. The molecule has 0 aromatic heterocycles. The number of benzene rings is 2. The van der Waals surface area contributed by atoms with Crippen molar-refractivity contribution in [2.45, 2.75) is 19.3 Å².